The maximum atomic E-state index is 3.63. The van der Waals surface area contributed by atoms with Crippen molar-refractivity contribution in [2.75, 3.05) is 14.1 Å². The predicted octanol–water partition coefficient (Wildman–Crippen LogP) is 2.59. The highest BCUT2D eigenvalue weighted by atomic mass is 14.7. The van der Waals surface area contributed by atoms with Crippen LogP contribution in [0.5, 0.6) is 0 Å². The van der Waals surface area contributed by atoms with E-state index >= 15 is 0 Å². The molecule has 1 N–H and O–H groups in total. The van der Waals surface area contributed by atoms with Crippen molar-refractivity contribution < 1.29 is 0 Å². The van der Waals surface area contributed by atoms with Crippen LogP contribution in [-0.4, -0.2) is 14.1 Å². The lowest BCUT2D eigenvalue weighted by Crippen LogP contribution is -1.89. The van der Waals surface area contributed by atoms with Crippen LogP contribution in [0, 0.1) is 0 Å². The summed E-state index contributed by atoms with van der Waals surface area (Å²) in [5, 5.41) is 2.75. The zero-order chi connectivity index (χ0) is 8.24. The van der Waals surface area contributed by atoms with E-state index in [1.807, 2.05) is 20.2 Å². The Kier molecular flexibility index (Phi) is 19.7. The van der Waals surface area contributed by atoms with Crippen molar-refractivity contribution in [3.8, 4) is 0 Å². The molecule has 0 unspecified atom stereocenters. The lowest BCUT2D eigenvalue weighted by atomic mass is 10.2. The number of unbranched alkanes of at least 4 members (excludes halogenated alkanes) is 3. The number of nitrogens with one attached hydrogen (secondary N) is 1. The average molecular weight is 143 g/mol. The van der Waals surface area contributed by atoms with Gasteiger partial charge in [-0.3, -0.25) is 0 Å². The third kappa shape index (κ3) is 25.2. The van der Waals surface area contributed by atoms with Crippen molar-refractivity contribution in [3.05, 3.63) is 12.7 Å². The summed E-state index contributed by atoms with van der Waals surface area (Å²) < 4.78 is 0. The van der Waals surface area contributed by atoms with Crippen LogP contribution < -0.4 is 5.32 Å². The van der Waals surface area contributed by atoms with Crippen molar-refractivity contribution in [2.24, 2.45) is 0 Å². The molecule has 0 radical (unpaired) electrons. The first-order chi connectivity index (χ1) is 4.83. The van der Waals surface area contributed by atoms with Crippen molar-refractivity contribution >= 4 is 0 Å². The lowest BCUT2D eigenvalue weighted by molar-refractivity contribution is 0.730. The molecule has 0 aliphatic carbocycles. The van der Waals surface area contributed by atoms with E-state index in [9.17, 15) is 0 Å². The van der Waals surface area contributed by atoms with Gasteiger partial charge in [-0.1, -0.05) is 25.8 Å². The first-order valence-corrected chi connectivity index (χ1v) is 4.02. The van der Waals surface area contributed by atoms with Crippen LogP contribution in [0.2, 0.25) is 0 Å². The molecule has 1 nitrogen and oxygen atoms in total. The van der Waals surface area contributed by atoms with E-state index in [0.29, 0.717) is 0 Å². The summed E-state index contributed by atoms with van der Waals surface area (Å²) in [6.45, 7) is 5.84. The summed E-state index contributed by atoms with van der Waals surface area (Å²) in [4.78, 5) is 0. The minimum atomic E-state index is 1.19. The third-order valence-corrected chi connectivity index (χ3v) is 1.01. The molecule has 0 aliphatic rings. The van der Waals surface area contributed by atoms with E-state index in [0.717, 1.165) is 0 Å². The van der Waals surface area contributed by atoms with Gasteiger partial charge >= 0.3 is 0 Å². The van der Waals surface area contributed by atoms with Crippen LogP contribution in [0.25, 0.3) is 0 Å². The van der Waals surface area contributed by atoms with E-state index in [4.69, 9.17) is 0 Å². The van der Waals surface area contributed by atoms with E-state index in [-0.39, 0.29) is 0 Å². The Morgan fingerprint density at radius 2 is 1.80 bits per heavy atom. The summed E-state index contributed by atoms with van der Waals surface area (Å²) in [6.07, 6.45) is 7.16. The summed E-state index contributed by atoms with van der Waals surface area (Å²) in [7, 11) is 3.75. The van der Waals surface area contributed by atoms with E-state index in [2.05, 4.69) is 18.8 Å². The monoisotopic (exact) mass is 143 g/mol. The molecule has 0 saturated carbocycles. The normalized spacial score (nSPS) is 7.90. The fourth-order valence-corrected chi connectivity index (χ4v) is 0.539. The first kappa shape index (κ1) is 12.4. The number of rotatable bonds is 4. The standard InChI is InChI=1S/C7H14.C2H7N/c1-3-5-7-6-4-2;1-3-2/h3H,1,4-7H2,2H3;3H,1-2H3. The quantitative estimate of drug-likeness (QED) is 0.471. The van der Waals surface area contributed by atoms with Crippen molar-refractivity contribution in [1.82, 2.24) is 5.32 Å². The van der Waals surface area contributed by atoms with Crippen LogP contribution in [0.1, 0.15) is 32.6 Å². The zero-order valence-corrected chi connectivity index (χ0v) is 7.61. The van der Waals surface area contributed by atoms with Crippen molar-refractivity contribution in [1.29, 1.82) is 0 Å². The molecule has 0 bridgehead atoms. The van der Waals surface area contributed by atoms with Gasteiger partial charge in [0.1, 0.15) is 0 Å². The molecule has 0 heterocycles. The lowest BCUT2D eigenvalue weighted by Gasteiger charge is -1.87. The van der Waals surface area contributed by atoms with Gasteiger partial charge in [-0.05, 0) is 26.9 Å². The topological polar surface area (TPSA) is 12.0 Å². The summed E-state index contributed by atoms with van der Waals surface area (Å²) in [5.74, 6) is 0. The molecule has 62 valence electrons. The Bertz CT molecular complexity index is 50.7. The van der Waals surface area contributed by atoms with Crippen LogP contribution in [-0.2, 0) is 0 Å². The second-order valence-electron chi connectivity index (χ2n) is 2.28. The van der Waals surface area contributed by atoms with Crippen LogP contribution >= 0.6 is 0 Å². The Labute approximate surface area is 65.5 Å². The predicted molar refractivity (Wildman–Crippen MR) is 49.3 cm³/mol. The molecule has 10 heavy (non-hydrogen) atoms. The summed E-state index contributed by atoms with van der Waals surface area (Å²) >= 11 is 0. The van der Waals surface area contributed by atoms with Gasteiger partial charge < -0.3 is 5.32 Å². The molecular weight excluding hydrogens is 122 g/mol. The SMILES string of the molecule is C=CCCCCC.CNC. The Morgan fingerprint density at radius 1 is 1.30 bits per heavy atom. The zero-order valence-electron chi connectivity index (χ0n) is 7.61. The molecule has 0 aromatic carbocycles. The molecule has 0 aliphatic heterocycles. The molecule has 0 saturated heterocycles. The summed E-state index contributed by atoms with van der Waals surface area (Å²) in [6, 6.07) is 0. The van der Waals surface area contributed by atoms with E-state index in [1.54, 1.807) is 0 Å². The average Bonchev–Trinajstić information content (AvgIpc) is 1.91. The first-order valence-electron chi connectivity index (χ1n) is 4.02. The van der Waals surface area contributed by atoms with Crippen LogP contribution in [0.15, 0.2) is 12.7 Å². The fraction of sp³-hybridized carbons (Fsp3) is 0.778. The molecular formula is C9H21N. The van der Waals surface area contributed by atoms with Gasteiger partial charge in [-0.2, -0.15) is 0 Å². The smallest absolute Gasteiger partial charge is 0.0167 e. The van der Waals surface area contributed by atoms with Crippen molar-refractivity contribution in [3.63, 3.8) is 0 Å². The van der Waals surface area contributed by atoms with Gasteiger partial charge in [0, 0.05) is 0 Å². The second-order valence-corrected chi connectivity index (χ2v) is 2.28. The van der Waals surface area contributed by atoms with Crippen LogP contribution in [0.3, 0.4) is 0 Å². The summed E-state index contributed by atoms with van der Waals surface area (Å²) in [5.41, 5.74) is 0. The maximum Gasteiger partial charge on any atom is -0.0167 e. The highest BCUT2D eigenvalue weighted by Crippen LogP contribution is 1.97. The largest absolute Gasteiger partial charge is 0.323 e. The maximum absolute atomic E-state index is 3.63. The van der Waals surface area contributed by atoms with Crippen LogP contribution in [0.4, 0.5) is 0 Å². The number of hydrogen-bond acceptors (Lipinski definition) is 1. The highest BCUT2D eigenvalue weighted by molar-refractivity contribution is 4.64. The van der Waals surface area contributed by atoms with Gasteiger partial charge in [0.05, 0.1) is 0 Å². The number of hydrogen-bond donors (Lipinski definition) is 1. The Morgan fingerprint density at radius 3 is 2.10 bits per heavy atom. The molecule has 0 fully saturated rings. The molecule has 0 aromatic heterocycles. The molecule has 0 atom stereocenters. The van der Waals surface area contributed by atoms with Gasteiger partial charge in [0.15, 0.2) is 0 Å². The van der Waals surface area contributed by atoms with Gasteiger partial charge in [-0.15, -0.1) is 6.58 Å². The van der Waals surface area contributed by atoms with Gasteiger partial charge in [0.2, 0.25) is 0 Å². The molecule has 0 spiro atoms. The fourth-order valence-electron chi connectivity index (χ4n) is 0.539. The Hall–Kier alpha value is -0.300. The molecule has 0 aromatic rings. The minimum absolute atomic E-state index is 1.19. The second kappa shape index (κ2) is 15.9. The van der Waals surface area contributed by atoms with Crippen molar-refractivity contribution in [2.45, 2.75) is 32.6 Å². The minimum Gasteiger partial charge on any atom is -0.323 e. The van der Waals surface area contributed by atoms with Gasteiger partial charge in [-0.25, -0.2) is 0 Å². The number of allylic oxidation sites excluding steroid dienone is 1. The molecule has 0 amide bonds. The van der Waals surface area contributed by atoms with E-state index < -0.39 is 0 Å². The van der Waals surface area contributed by atoms with E-state index in [1.165, 1.54) is 25.7 Å². The molecule has 1 heteroatoms. The van der Waals surface area contributed by atoms with Gasteiger partial charge in [0.25, 0.3) is 0 Å². The third-order valence-electron chi connectivity index (χ3n) is 1.01. The highest BCUT2D eigenvalue weighted by Gasteiger charge is 1.77. The Balaban J connectivity index is 0. The molecule has 0 rings (SSSR count).